The first-order valence-electron chi connectivity index (χ1n) is 9.84. The van der Waals surface area contributed by atoms with Crippen molar-refractivity contribution in [1.29, 1.82) is 0 Å². The predicted octanol–water partition coefficient (Wildman–Crippen LogP) is 3.46. The molecule has 1 aliphatic carbocycles. The number of pyridine rings is 1. The summed E-state index contributed by atoms with van der Waals surface area (Å²) in [5, 5.41) is 4.44. The van der Waals surface area contributed by atoms with Crippen LogP contribution < -0.4 is 0 Å². The highest BCUT2D eigenvalue weighted by molar-refractivity contribution is 5.79. The Morgan fingerprint density at radius 2 is 2.00 bits per heavy atom. The van der Waals surface area contributed by atoms with E-state index in [1.165, 1.54) is 11.1 Å². The van der Waals surface area contributed by atoms with Crippen LogP contribution in [0.3, 0.4) is 0 Å². The summed E-state index contributed by atoms with van der Waals surface area (Å²) in [5.74, 6) is 0.248. The van der Waals surface area contributed by atoms with E-state index in [0.29, 0.717) is 13.1 Å². The van der Waals surface area contributed by atoms with Gasteiger partial charge in [0.25, 0.3) is 0 Å². The number of aryl methyl sites for hydroxylation is 3. The van der Waals surface area contributed by atoms with Crippen LogP contribution >= 0.6 is 0 Å². The summed E-state index contributed by atoms with van der Waals surface area (Å²) in [6.45, 7) is 3.10. The average molecular weight is 374 g/mol. The quantitative estimate of drug-likeness (QED) is 0.687. The summed E-state index contributed by atoms with van der Waals surface area (Å²) >= 11 is 0. The minimum absolute atomic E-state index is 0.0286. The third-order valence-electron chi connectivity index (χ3n) is 5.56. The molecule has 2 aromatic heterocycles. The van der Waals surface area contributed by atoms with Gasteiger partial charge in [-0.3, -0.25) is 14.5 Å². The van der Waals surface area contributed by atoms with Gasteiger partial charge in [-0.2, -0.15) is 5.10 Å². The fourth-order valence-corrected chi connectivity index (χ4v) is 4.10. The molecule has 28 heavy (non-hydrogen) atoms. The van der Waals surface area contributed by atoms with Gasteiger partial charge in [-0.05, 0) is 55.0 Å². The lowest BCUT2D eigenvalue weighted by atomic mass is 9.83. The molecule has 1 amide bonds. The molecule has 0 saturated heterocycles. The second-order valence-electron chi connectivity index (χ2n) is 7.66. The van der Waals surface area contributed by atoms with Crippen molar-refractivity contribution in [1.82, 2.24) is 19.7 Å². The monoisotopic (exact) mass is 374 g/mol. The normalized spacial score (nSPS) is 15.9. The number of benzene rings is 1. The van der Waals surface area contributed by atoms with Gasteiger partial charge < -0.3 is 4.90 Å². The Morgan fingerprint density at radius 1 is 1.18 bits per heavy atom. The van der Waals surface area contributed by atoms with Crippen LogP contribution in [-0.4, -0.2) is 25.6 Å². The van der Waals surface area contributed by atoms with Gasteiger partial charge in [-0.1, -0.05) is 30.3 Å². The van der Waals surface area contributed by atoms with Crippen LogP contribution in [0.5, 0.6) is 0 Å². The first-order valence-corrected chi connectivity index (χ1v) is 9.84. The van der Waals surface area contributed by atoms with E-state index in [4.69, 9.17) is 0 Å². The Bertz CT molecular complexity index is 964. The third-order valence-corrected chi connectivity index (χ3v) is 5.56. The zero-order valence-corrected chi connectivity index (χ0v) is 16.5. The predicted molar refractivity (Wildman–Crippen MR) is 108 cm³/mol. The van der Waals surface area contributed by atoms with Crippen LogP contribution in [-0.2, 0) is 37.8 Å². The second-order valence-corrected chi connectivity index (χ2v) is 7.66. The molecule has 0 N–H and O–H groups in total. The van der Waals surface area contributed by atoms with Crippen LogP contribution in [0.4, 0.5) is 0 Å². The van der Waals surface area contributed by atoms with Crippen LogP contribution in [0, 0.1) is 12.8 Å². The smallest absolute Gasteiger partial charge is 0.226 e. The number of hydrogen-bond donors (Lipinski definition) is 0. The molecule has 0 unspecified atom stereocenters. The number of carbonyl (C=O) groups is 1. The molecule has 0 saturated carbocycles. The van der Waals surface area contributed by atoms with Gasteiger partial charge in [-0.15, -0.1) is 0 Å². The van der Waals surface area contributed by atoms with Crippen molar-refractivity contribution < 1.29 is 4.79 Å². The molecule has 5 nitrogen and oxygen atoms in total. The fourth-order valence-electron chi connectivity index (χ4n) is 4.10. The maximum absolute atomic E-state index is 13.5. The Balaban J connectivity index is 1.57. The van der Waals surface area contributed by atoms with Crippen molar-refractivity contribution in [3.05, 3.63) is 82.9 Å². The van der Waals surface area contributed by atoms with E-state index < -0.39 is 0 Å². The lowest BCUT2D eigenvalue weighted by molar-refractivity contribution is -0.137. The van der Waals surface area contributed by atoms with Gasteiger partial charge in [-0.25, -0.2) is 0 Å². The van der Waals surface area contributed by atoms with Crippen molar-refractivity contribution in [2.45, 2.75) is 39.3 Å². The maximum atomic E-state index is 13.5. The fraction of sp³-hybridized carbons (Fsp3) is 0.348. The highest BCUT2D eigenvalue weighted by Crippen LogP contribution is 2.27. The molecule has 5 heteroatoms. The van der Waals surface area contributed by atoms with Crippen molar-refractivity contribution in [3.8, 4) is 0 Å². The van der Waals surface area contributed by atoms with Crippen molar-refractivity contribution in [2.75, 3.05) is 0 Å². The molecule has 0 spiro atoms. The van der Waals surface area contributed by atoms with Crippen LogP contribution in [0.1, 0.15) is 34.5 Å². The third kappa shape index (κ3) is 3.98. The summed E-state index contributed by atoms with van der Waals surface area (Å²) in [5.41, 5.74) is 5.76. The summed E-state index contributed by atoms with van der Waals surface area (Å²) in [4.78, 5) is 19.7. The number of hydrogen-bond acceptors (Lipinski definition) is 3. The second kappa shape index (κ2) is 7.97. The highest BCUT2D eigenvalue weighted by atomic mass is 16.2. The minimum atomic E-state index is 0.0286. The lowest BCUT2D eigenvalue weighted by Crippen LogP contribution is -2.38. The molecule has 0 radical (unpaired) electrons. The standard InChI is InChI=1S/C23H26N4O/c1-17-12-22(26(2)25-17)16-27(15-18-6-5-11-24-14-18)23(28)21-10-9-19-7-3-4-8-20(19)13-21/h3-8,11-12,14,21H,9-10,13,15-16H2,1-2H3/t21-/m0/s1. The van der Waals surface area contributed by atoms with E-state index in [1.54, 1.807) is 6.20 Å². The molecular weight excluding hydrogens is 348 g/mol. The molecular formula is C23H26N4O. The molecule has 1 aromatic carbocycles. The maximum Gasteiger partial charge on any atom is 0.226 e. The van der Waals surface area contributed by atoms with E-state index in [1.807, 2.05) is 41.9 Å². The van der Waals surface area contributed by atoms with Crippen LogP contribution in [0.25, 0.3) is 0 Å². The Kier molecular flexibility index (Phi) is 5.24. The Morgan fingerprint density at radius 3 is 2.71 bits per heavy atom. The van der Waals surface area contributed by atoms with E-state index in [0.717, 1.165) is 36.2 Å². The molecule has 2 heterocycles. The number of carbonyl (C=O) groups excluding carboxylic acids is 1. The van der Waals surface area contributed by atoms with Gasteiger partial charge >= 0.3 is 0 Å². The molecule has 144 valence electrons. The summed E-state index contributed by atoms with van der Waals surface area (Å²) in [6, 6.07) is 14.5. The van der Waals surface area contributed by atoms with E-state index in [9.17, 15) is 4.79 Å². The van der Waals surface area contributed by atoms with Crippen molar-refractivity contribution >= 4 is 5.91 Å². The van der Waals surface area contributed by atoms with Gasteiger partial charge in [0.15, 0.2) is 0 Å². The van der Waals surface area contributed by atoms with Crippen molar-refractivity contribution in [3.63, 3.8) is 0 Å². The van der Waals surface area contributed by atoms with Crippen LogP contribution in [0.2, 0.25) is 0 Å². The summed E-state index contributed by atoms with van der Waals surface area (Å²) < 4.78 is 1.87. The zero-order chi connectivity index (χ0) is 19.5. The molecule has 1 atom stereocenters. The molecule has 0 fully saturated rings. The number of nitrogens with zero attached hydrogens (tertiary/aromatic N) is 4. The highest BCUT2D eigenvalue weighted by Gasteiger charge is 2.29. The first-order chi connectivity index (χ1) is 13.6. The van der Waals surface area contributed by atoms with Gasteiger partial charge in [0, 0.05) is 31.9 Å². The van der Waals surface area contributed by atoms with Gasteiger partial charge in [0.1, 0.15) is 0 Å². The number of aromatic nitrogens is 3. The largest absolute Gasteiger partial charge is 0.332 e. The molecule has 3 aromatic rings. The van der Waals surface area contributed by atoms with Crippen molar-refractivity contribution in [2.24, 2.45) is 13.0 Å². The minimum Gasteiger partial charge on any atom is -0.332 e. The SMILES string of the molecule is Cc1cc(CN(Cc2cccnc2)C(=O)[C@H]2CCc3ccccc3C2)n(C)n1. The first kappa shape index (κ1) is 18.4. The van der Waals surface area contributed by atoms with Crippen LogP contribution in [0.15, 0.2) is 54.9 Å². The lowest BCUT2D eigenvalue weighted by Gasteiger charge is -2.30. The van der Waals surface area contributed by atoms with E-state index in [-0.39, 0.29) is 11.8 Å². The average Bonchev–Trinajstić information content (AvgIpc) is 3.04. The zero-order valence-electron chi connectivity index (χ0n) is 16.5. The molecule has 1 aliphatic rings. The molecule has 0 bridgehead atoms. The Labute approximate surface area is 166 Å². The van der Waals surface area contributed by atoms with E-state index in [2.05, 4.69) is 40.4 Å². The number of fused-ring (bicyclic) bond motifs is 1. The number of rotatable bonds is 5. The number of amides is 1. The van der Waals surface area contributed by atoms with Gasteiger partial charge in [0.2, 0.25) is 5.91 Å². The Hall–Kier alpha value is -2.95. The molecule has 0 aliphatic heterocycles. The van der Waals surface area contributed by atoms with Gasteiger partial charge in [0.05, 0.1) is 17.9 Å². The topological polar surface area (TPSA) is 51.0 Å². The summed E-state index contributed by atoms with van der Waals surface area (Å²) in [7, 11) is 1.94. The van der Waals surface area contributed by atoms with E-state index >= 15 is 0 Å². The summed E-state index contributed by atoms with van der Waals surface area (Å²) in [6.07, 6.45) is 6.30. The molecule has 4 rings (SSSR count).